The summed E-state index contributed by atoms with van der Waals surface area (Å²) in [5.41, 5.74) is 5.39. The Balaban J connectivity index is 1.76. The highest BCUT2D eigenvalue weighted by Gasteiger charge is 2.14. The number of unbranched alkanes of at least 4 members (excludes halogenated alkanes) is 3. The number of carbonyl (C=O) groups is 3. The smallest absolute Gasteiger partial charge is 0.273 e. The summed E-state index contributed by atoms with van der Waals surface area (Å²) in [5.74, 6) is -0.943. The van der Waals surface area contributed by atoms with Gasteiger partial charge in [-0.15, -0.1) is 0 Å². The summed E-state index contributed by atoms with van der Waals surface area (Å²) in [4.78, 5) is 36.5. The lowest BCUT2D eigenvalue weighted by atomic mass is 10.2. The Bertz CT molecular complexity index is 937. The van der Waals surface area contributed by atoms with Crippen LogP contribution in [0.5, 0.6) is 5.75 Å². The number of rotatable bonds is 11. The molecule has 0 bridgehead atoms. The first kappa shape index (κ1) is 25.5. The van der Waals surface area contributed by atoms with Gasteiger partial charge in [0.25, 0.3) is 5.91 Å². The van der Waals surface area contributed by atoms with Crippen molar-refractivity contribution in [3.05, 3.63) is 58.1 Å². The molecule has 3 N–H and O–H groups in total. The van der Waals surface area contributed by atoms with E-state index < -0.39 is 17.7 Å². The average Bonchev–Trinajstić information content (AvgIpc) is 2.78. The molecule has 0 aromatic heterocycles. The molecule has 0 radical (unpaired) electrons. The van der Waals surface area contributed by atoms with Gasteiger partial charge in [0.15, 0.2) is 0 Å². The first-order chi connectivity index (χ1) is 15.4. The molecule has 0 aliphatic rings. The molecule has 0 atom stereocenters. The van der Waals surface area contributed by atoms with Gasteiger partial charge in [0, 0.05) is 17.9 Å². The van der Waals surface area contributed by atoms with E-state index >= 15 is 0 Å². The number of carbonyl (C=O) groups excluding carboxylic acids is 3. The van der Waals surface area contributed by atoms with Gasteiger partial charge in [0.05, 0.1) is 22.9 Å². The van der Waals surface area contributed by atoms with Crippen LogP contribution < -0.4 is 20.9 Å². The molecule has 0 heterocycles. The minimum Gasteiger partial charge on any atom is -0.493 e. The fourth-order valence-corrected chi connectivity index (χ4v) is 3.23. The monoisotopic (exact) mass is 479 g/mol. The van der Waals surface area contributed by atoms with Crippen LogP contribution in [0.3, 0.4) is 0 Å². The third kappa shape index (κ3) is 8.77. The minimum atomic E-state index is -0.506. The molecular weight excluding hydrogens is 453 g/mol. The molecule has 7 nitrogen and oxygen atoms in total. The van der Waals surface area contributed by atoms with Crippen molar-refractivity contribution in [2.75, 3.05) is 11.9 Å². The van der Waals surface area contributed by atoms with Gasteiger partial charge in [-0.2, -0.15) is 0 Å². The molecule has 0 aliphatic heterocycles. The predicted molar refractivity (Wildman–Crippen MR) is 126 cm³/mol. The number of anilines is 1. The van der Waals surface area contributed by atoms with Crippen LogP contribution >= 0.6 is 23.2 Å². The van der Waals surface area contributed by atoms with Crippen LogP contribution in [0.1, 0.15) is 55.8 Å². The molecule has 0 spiro atoms. The lowest BCUT2D eigenvalue weighted by Crippen LogP contribution is -2.42. The van der Waals surface area contributed by atoms with Crippen LogP contribution in [-0.2, 0) is 9.59 Å². The highest BCUT2D eigenvalue weighted by Crippen LogP contribution is 2.25. The minimum absolute atomic E-state index is 0.0852. The third-order valence-electron chi connectivity index (χ3n) is 4.49. The summed E-state index contributed by atoms with van der Waals surface area (Å²) < 4.78 is 5.72. The maximum Gasteiger partial charge on any atom is 0.273 e. The fraction of sp³-hybridized carbons (Fsp3) is 0.348. The number of hydrazine groups is 1. The van der Waals surface area contributed by atoms with E-state index in [4.69, 9.17) is 27.9 Å². The van der Waals surface area contributed by atoms with Gasteiger partial charge in [-0.25, -0.2) is 0 Å². The number of nitrogens with one attached hydrogen (secondary N) is 3. The van der Waals surface area contributed by atoms with Crippen molar-refractivity contribution in [1.29, 1.82) is 0 Å². The zero-order valence-corrected chi connectivity index (χ0v) is 19.4. The number of halogens is 2. The Morgan fingerprint density at radius 1 is 0.906 bits per heavy atom. The van der Waals surface area contributed by atoms with Crippen molar-refractivity contribution < 1.29 is 19.1 Å². The Morgan fingerprint density at radius 3 is 2.41 bits per heavy atom. The van der Waals surface area contributed by atoms with E-state index in [0.717, 1.165) is 25.7 Å². The molecule has 32 heavy (non-hydrogen) atoms. The van der Waals surface area contributed by atoms with Gasteiger partial charge in [-0.05, 0) is 36.8 Å². The molecule has 0 aliphatic carbocycles. The predicted octanol–water partition coefficient (Wildman–Crippen LogP) is 5.13. The van der Waals surface area contributed by atoms with Crippen molar-refractivity contribution in [1.82, 2.24) is 10.9 Å². The van der Waals surface area contributed by atoms with E-state index in [0.29, 0.717) is 33.7 Å². The van der Waals surface area contributed by atoms with E-state index in [2.05, 4.69) is 23.1 Å². The summed E-state index contributed by atoms with van der Waals surface area (Å²) in [7, 11) is 0. The summed E-state index contributed by atoms with van der Waals surface area (Å²) in [6.07, 6.45) is 4.05. The van der Waals surface area contributed by atoms with E-state index in [1.807, 2.05) is 0 Å². The zero-order chi connectivity index (χ0) is 23.3. The van der Waals surface area contributed by atoms with Crippen molar-refractivity contribution in [2.24, 2.45) is 0 Å². The van der Waals surface area contributed by atoms with E-state index in [-0.39, 0.29) is 12.8 Å². The highest BCUT2D eigenvalue weighted by atomic mass is 35.5. The molecule has 2 aromatic rings. The fourth-order valence-electron chi connectivity index (χ4n) is 2.78. The van der Waals surface area contributed by atoms with Crippen molar-refractivity contribution in [3.8, 4) is 5.75 Å². The lowest BCUT2D eigenvalue weighted by molar-refractivity contribution is -0.124. The Morgan fingerprint density at radius 2 is 1.66 bits per heavy atom. The zero-order valence-electron chi connectivity index (χ0n) is 17.9. The molecule has 2 aromatic carbocycles. The maximum atomic E-state index is 12.4. The number of hydrogen-bond acceptors (Lipinski definition) is 4. The summed E-state index contributed by atoms with van der Waals surface area (Å²) in [6.45, 7) is 2.65. The summed E-state index contributed by atoms with van der Waals surface area (Å²) >= 11 is 11.8. The van der Waals surface area contributed by atoms with Crippen LogP contribution in [0.15, 0.2) is 42.5 Å². The number of hydrogen-bond donors (Lipinski definition) is 3. The van der Waals surface area contributed by atoms with Crippen LogP contribution in [0.4, 0.5) is 5.69 Å². The molecule has 172 valence electrons. The van der Waals surface area contributed by atoms with Crippen LogP contribution in [0.2, 0.25) is 10.0 Å². The topological polar surface area (TPSA) is 96.5 Å². The Hall–Kier alpha value is -2.77. The SMILES string of the molecule is CCCCCCOc1ccccc1C(=O)NNC(=O)CCC(=O)Nc1ccc(Cl)cc1Cl. The Kier molecular flexibility index (Phi) is 10.8. The quantitative estimate of drug-likeness (QED) is 0.307. The highest BCUT2D eigenvalue weighted by molar-refractivity contribution is 6.36. The van der Waals surface area contributed by atoms with E-state index in [1.165, 1.54) is 6.07 Å². The summed E-state index contributed by atoms with van der Waals surface area (Å²) in [5, 5.41) is 3.36. The van der Waals surface area contributed by atoms with Crippen LogP contribution in [-0.4, -0.2) is 24.3 Å². The largest absolute Gasteiger partial charge is 0.493 e. The van der Waals surface area contributed by atoms with Gasteiger partial charge in [-0.1, -0.05) is 61.5 Å². The molecule has 0 unspecified atom stereocenters. The van der Waals surface area contributed by atoms with Crippen LogP contribution in [0.25, 0.3) is 0 Å². The maximum absolute atomic E-state index is 12.4. The van der Waals surface area contributed by atoms with Gasteiger partial charge >= 0.3 is 0 Å². The second-order valence-electron chi connectivity index (χ2n) is 7.08. The molecule has 2 rings (SSSR count). The second kappa shape index (κ2) is 13.6. The number of para-hydroxylation sites is 1. The number of benzene rings is 2. The average molecular weight is 480 g/mol. The number of amides is 3. The van der Waals surface area contributed by atoms with Crippen LogP contribution in [0, 0.1) is 0 Å². The summed E-state index contributed by atoms with van der Waals surface area (Å²) in [6, 6.07) is 11.5. The first-order valence-corrected chi connectivity index (χ1v) is 11.2. The van der Waals surface area contributed by atoms with Crippen molar-refractivity contribution in [2.45, 2.75) is 45.4 Å². The first-order valence-electron chi connectivity index (χ1n) is 10.5. The molecule has 9 heteroatoms. The Labute approximate surface area is 197 Å². The third-order valence-corrected chi connectivity index (χ3v) is 5.03. The van der Waals surface area contributed by atoms with Crippen molar-refractivity contribution in [3.63, 3.8) is 0 Å². The van der Waals surface area contributed by atoms with Gasteiger partial charge in [0.1, 0.15) is 5.75 Å². The molecule has 0 fully saturated rings. The van der Waals surface area contributed by atoms with E-state index in [9.17, 15) is 14.4 Å². The molecule has 3 amide bonds. The molecular formula is C23H27Cl2N3O4. The number of ether oxygens (including phenoxy) is 1. The van der Waals surface area contributed by atoms with Gasteiger partial charge in [0.2, 0.25) is 11.8 Å². The second-order valence-corrected chi connectivity index (χ2v) is 7.92. The normalized spacial score (nSPS) is 10.3. The van der Waals surface area contributed by atoms with E-state index in [1.54, 1.807) is 36.4 Å². The van der Waals surface area contributed by atoms with Gasteiger partial charge in [-0.3, -0.25) is 25.2 Å². The van der Waals surface area contributed by atoms with Crippen molar-refractivity contribution >= 4 is 46.6 Å². The molecule has 0 saturated heterocycles. The van der Waals surface area contributed by atoms with Gasteiger partial charge < -0.3 is 10.1 Å². The standard InChI is InChI=1S/C23H27Cl2N3O4/c1-2-3-4-7-14-32-20-9-6-5-8-17(20)23(31)28-27-22(30)13-12-21(29)26-19-11-10-16(24)15-18(19)25/h5-6,8-11,15H,2-4,7,12-14H2,1H3,(H,26,29)(H,27,30)(H,28,31). The lowest BCUT2D eigenvalue weighted by Gasteiger charge is -2.12. The molecule has 0 saturated carbocycles.